The van der Waals surface area contributed by atoms with Crippen molar-refractivity contribution < 1.29 is 4.79 Å². The largest absolute Gasteiger partial charge is 0.322 e. The van der Waals surface area contributed by atoms with Crippen LogP contribution in [0.1, 0.15) is 24.0 Å². The highest BCUT2D eigenvalue weighted by molar-refractivity contribution is 5.91. The number of piperidine rings is 1. The summed E-state index contributed by atoms with van der Waals surface area (Å²) in [7, 11) is 1.72. The molecule has 0 aliphatic carbocycles. The van der Waals surface area contributed by atoms with E-state index in [1.54, 1.807) is 30.1 Å². The third-order valence-corrected chi connectivity index (χ3v) is 4.84. The zero-order valence-electron chi connectivity index (χ0n) is 15.0. The minimum absolute atomic E-state index is 0.0356. The van der Waals surface area contributed by atoms with Crippen LogP contribution in [0.15, 0.2) is 54.6 Å². The van der Waals surface area contributed by atoms with E-state index < -0.39 is 0 Å². The van der Waals surface area contributed by atoms with Gasteiger partial charge >= 0.3 is 6.03 Å². The second-order valence-electron chi connectivity index (χ2n) is 6.76. The number of benzene rings is 2. The molecule has 0 spiro atoms. The Balaban J connectivity index is 1.57. The summed E-state index contributed by atoms with van der Waals surface area (Å²) >= 11 is 0. The van der Waals surface area contributed by atoms with Crippen molar-refractivity contribution in [1.29, 1.82) is 5.26 Å². The molecule has 2 unspecified atom stereocenters. The van der Waals surface area contributed by atoms with Gasteiger partial charge in [0.2, 0.25) is 0 Å². The normalized spacial score (nSPS) is 19.4. The van der Waals surface area contributed by atoms with Gasteiger partial charge in [-0.05, 0) is 55.5 Å². The third-order valence-electron chi connectivity index (χ3n) is 4.84. The summed E-state index contributed by atoms with van der Waals surface area (Å²) in [6.45, 7) is 0.899. The fourth-order valence-corrected chi connectivity index (χ4v) is 3.39. The lowest BCUT2D eigenvalue weighted by Gasteiger charge is -2.32. The van der Waals surface area contributed by atoms with Gasteiger partial charge in [-0.25, -0.2) is 4.79 Å². The number of anilines is 1. The van der Waals surface area contributed by atoms with E-state index in [0.29, 0.717) is 17.2 Å². The van der Waals surface area contributed by atoms with Crippen molar-refractivity contribution in [1.82, 2.24) is 10.6 Å². The molecule has 2 atom stereocenters. The molecule has 1 fully saturated rings. The average Bonchev–Trinajstić information content (AvgIpc) is 2.68. The number of hydrogen-bond donors (Lipinski definition) is 2. The Hall–Kier alpha value is -2.84. The molecule has 1 aliphatic heterocycles. The first kappa shape index (κ1) is 18.0. The van der Waals surface area contributed by atoms with E-state index in [4.69, 9.17) is 5.26 Å². The van der Waals surface area contributed by atoms with E-state index in [2.05, 4.69) is 41.0 Å². The van der Waals surface area contributed by atoms with Crippen molar-refractivity contribution in [3.8, 4) is 6.07 Å². The van der Waals surface area contributed by atoms with Crippen molar-refractivity contribution in [2.75, 3.05) is 18.5 Å². The van der Waals surface area contributed by atoms with Crippen LogP contribution in [-0.4, -0.2) is 25.8 Å². The van der Waals surface area contributed by atoms with Crippen molar-refractivity contribution in [2.24, 2.45) is 5.92 Å². The van der Waals surface area contributed by atoms with Gasteiger partial charge in [-0.15, -0.1) is 0 Å². The molecule has 5 heteroatoms. The van der Waals surface area contributed by atoms with Crippen LogP contribution in [0, 0.1) is 17.2 Å². The smallest absolute Gasteiger partial charge is 0.322 e. The predicted molar refractivity (Wildman–Crippen MR) is 103 cm³/mol. The topological polar surface area (TPSA) is 68.2 Å². The molecule has 1 heterocycles. The monoisotopic (exact) mass is 348 g/mol. The maximum absolute atomic E-state index is 12.6. The number of carbonyl (C=O) groups excluding carboxylic acids is 1. The molecule has 2 aromatic rings. The van der Waals surface area contributed by atoms with Gasteiger partial charge < -0.3 is 5.32 Å². The van der Waals surface area contributed by atoms with Gasteiger partial charge in [0.15, 0.2) is 0 Å². The van der Waals surface area contributed by atoms with Crippen LogP contribution in [0.5, 0.6) is 0 Å². The van der Waals surface area contributed by atoms with Crippen LogP contribution in [0.25, 0.3) is 0 Å². The molecule has 0 bridgehead atoms. The summed E-state index contributed by atoms with van der Waals surface area (Å²) < 4.78 is 0. The second kappa shape index (κ2) is 8.50. The molecule has 2 amide bonds. The number of rotatable bonds is 4. The molecule has 2 N–H and O–H groups in total. The molecule has 1 aliphatic rings. The zero-order valence-corrected chi connectivity index (χ0v) is 15.0. The molecular weight excluding hydrogens is 324 g/mol. The number of carbonyl (C=O) groups is 1. The maximum atomic E-state index is 12.6. The number of nitrogens with one attached hydrogen (secondary N) is 2. The molecule has 0 saturated carbocycles. The van der Waals surface area contributed by atoms with E-state index in [0.717, 1.165) is 25.8 Å². The molecular formula is C21H24N4O. The van der Waals surface area contributed by atoms with Crippen molar-refractivity contribution >= 4 is 11.7 Å². The molecule has 5 nitrogen and oxygen atoms in total. The van der Waals surface area contributed by atoms with E-state index in [-0.39, 0.29) is 12.2 Å². The Bertz CT molecular complexity index is 784. The highest BCUT2D eigenvalue weighted by Gasteiger charge is 2.24. The number of hydrogen-bond acceptors (Lipinski definition) is 3. The molecule has 26 heavy (non-hydrogen) atoms. The van der Waals surface area contributed by atoms with E-state index in [1.807, 2.05) is 12.1 Å². The SMILES string of the molecule is CN(C(=O)NC1CC(Cc2ccccc2)CCN1)c1cccc(C#N)c1. The number of nitrogens with zero attached hydrogens (tertiary/aromatic N) is 2. The first-order chi connectivity index (χ1) is 12.7. The molecule has 3 rings (SSSR count). The molecule has 134 valence electrons. The van der Waals surface area contributed by atoms with E-state index in [9.17, 15) is 4.79 Å². The highest BCUT2D eigenvalue weighted by atomic mass is 16.2. The fraction of sp³-hybridized carbons (Fsp3) is 0.333. The van der Waals surface area contributed by atoms with Crippen LogP contribution in [0.3, 0.4) is 0 Å². The van der Waals surface area contributed by atoms with Gasteiger partial charge in [-0.3, -0.25) is 10.2 Å². The number of nitriles is 1. The summed E-state index contributed by atoms with van der Waals surface area (Å²) in [5.74, 6) is 0.552. The first-order valence-corrected chi connectivity index (χ1v) is 8.97. The van der Waals surface area contributed by atoms with Gasteiger partial charge in [0.05, 0.1) is 17.8 Å². The summed E-state index contributed by atoms with van der Waals surface area (Å²) in [5.41, 5.74) is 2.59. The minimum Gasteiger partial charge on any atom is -0.322 e. The Morgan fingerprint density at radius 2 is 2.08 bits per heavy atom. The van der Waals surface area contributed by atoms with Crippen LogP contribution in [-0.2, 0) is 6.42 Å². The lowest BCUT2D eigenvalue weighted by molar-refractivity contribution is 0.226. The van der Waals surface area contributed by atoms with Crippen LogP contribution in [0.2, 0.25) is 0 Å². The Labute approximate surface area is 154 Å². The van der Waals surface area contributed by atoms with Gasteiger partial charge in [0, 0.05) is 12.7 Å². The van der Waals surface area contributed by atoms with E-state index in [1.165, 1.54) is 5.56 Å². The molecule has 2 aromatic carbocycles. The summed E-state index contributed by atoms with van der Waals surface area (Å²) in [6.07, 6.45) is 3.02. The standard InChI is InChI=1S/C21H24N4O/c1-25(19-9-5-8-18(13-19)15-22)21(26)24-20-14-17(10-11-23-20)12-16-6-3-2-4-7-16/h2-9,13,17,20,23H,10-12,14H2,1H3,(H,24,26). The highest BCUT2D eigenvalue weighted by Crippen LogP contribution is 2.21. The van der Waals surface area contributed by atoms with Gasteiger partial charge in [-0.1, -0.05) is 36.4 Å². The fourth-order valence-electron chi connectivity index (χ4n) is 3.39. The predicted octanol–water partition coefficient (Wildman–Crippen LogP) is 3.27. The first-order valence-electron chi connectivity index (χ1n) is 8.97. The van der Waals surface area contributed by atoms with Crippen molar-refractivity contribution in [3.63, 3.8) is 0 Å². The minimum atomic E-state index is -0.169. The Morgan fingerprint density at radius 1 is 1.27 bits per heavy atom. The maximum Gasteiger partial charge on any atom is 0.322 e. The van der Waals surface area contributed by atoms with Crippen molar-refractivity contribution in [3.05, 3.63) is 65.7 Å². The van der Waals surface area contributed by atoms with Crippen LogP contribution < -0.4 is 15.5 Å². The van der Waals surface area contributed by atoms with Gasteiger partial charge in [0.25, 0.3) is 0 Å². The Kier molecular flexibility index (Phi) is 5.88. The number of amides is 2. The number of urea groups is 1. The molecule has 1 saturated heterocycles. The van der Waals surface area contributed by atoms with E-state index >= 15 is 0 Å². The van der Waals surface area contributed by atoms with Gasteiger partial charge in [0.1, 0.15) is 0 Å². The second-order valence-corrected chi connectivity index (χ2v) is 6.76. The quantitative estimate of drug-likeness (QED) is 0.891. The summed E-state index contributed by atoms with van der Waals surface area (Å²) in [6, 6.07) is 19.5. The summed E-state index contributed by atoms with van der Waals surface area (Å²) in [4.78, 5) is 14.1. The van der Waals surface area contributed by atoms with Gasteiger partial charge in [-0.2, -0.15) is 5.26 Å². The molecule has 0 radical (unpaired) electrons. The Morgan fingerprint density at radius 3 is 2.85 bits per heavy atom. The molecule has 0 aromatic heterocycles. The summed E-state index contributed by atoms with van der Waals surface area (Å²) in [5, 5.41) is 15.5. The lowest BCUT2D eigenvalue weighted by Crippen LogP contribution is -2.53. The van der Waals surface area contributed by atoms with Crippen molar-refractivity contribution in [2.45, 2.75) is 25.4 Å². The third kappa shape index (κ3) is 4.62. The van der Waals surface area contributed by atoms with Crippen LogP contribution >= 0.6 is 0 Å². The lowest BCUT2D eigenvalue weighted by atomic mass is 9.89. The van der Waals surface area contributed by atoms with Crippen LogP contribution in [0.4, 0.5) is 10.5 Å². The average molecular weight is 348 g/mol. The zero-order chi connectivity index (χ0) is 18.4.